The molecule has 92 valence electrons. The van der Waals surface area contributed by atoms with Crippen molar-refractivity contribution in [2.45, 2.75) is 44.7 Å². The van der Waals surface area contributed by atoms with Crippen LogP contribution in [0.4, 0.5) is 0 Å². The van der Waals surface area contributed by atoms with Crippen LogP contribution in [0, 0.1) is 0 Å². The van der Waals surface area contributed by atoms with Crippen LogP contribution < -0.4 is 5.73 Å². The van der Waals surface area contributed by atoms with E-state index in [1.165, 1.54) is 7.11 Å². The average Bonchev–Trinajstić information content (AvgIpc) is 2.28. The summed E-state index contributed by atoms with van der Waals surface area (Å²) in [5.74, 6) is -0.344. The van der Waals surface area contributed by atoms with Crippen molar-refractivity contribution in [3.05, 3.63) is 0 Å². The van der Waals surface area contributed by atoms with Gasteiger partial charge in [-0.25, -0.2) is 0 Å². The van der Waals surface area contributed by atoms with Gasteiger partial charge in [0, 0.05) is 12.6 Å². The Kier molecular flexibility index (Phi) is 4.73. The molecule has 2 N–H and O–H groups in total. The van der Waals surface area contributed by atoms with Crippen molar-refractivity contribution in [3.63, 3.8) is 0 Å². The summed E-state index contributed by atoms with van der Waals surface area (Å²) in [6.45, 7) is 2.37. The van der Waals surface area contributed by atoms with Crippen molar-refractivity contribution in [1.82, 2.24) is 4.90 Å². The van der Waals surface area contributed by atoms with Crippen molar-refractivity contribution >= 4 is 11.9 Å². The topological polar surface area (TPSA) is 72.6 Å². The molecular formula is C11H20N2O3. The number of ether oxygens (including phenoxy) is 1. The maximum Gasteiger partial charge on any atom is 0.307 e. The fourth-order valence-corrected chi connectivity index (χ4v) is 2.04. The molecule has 0 aliphatic carbocycles. The second-order valence-electron chi connectivity index (χ2n) is 4.25. The number of nitrogens with zero attached hydrogens (tertiary/aromatic N) is 1. The summed E-state index contributed by atoms with van der Waals surface area (Å²) in [5.41, 5.74) is 5.58. The number of hydrogen-bond donors (Lipinski definition) is 1. The highest BCUT2D eigenvalue weighted by Crippen LogP contribution is 2.20. The average molecular weight is 228 g/mol. The molecule has 0 radical (unpaired) electrons. The molecule has 1 unspecified atom stereocenters. The Morgan fingerprint density at radius 1 is 1.50 bits per heavy atom. The summed E-state index contributed by atoms with van der Waals surface area (Å²) < 4.78 is 4.63. The molecule has 2 atom stereocenters. The maximum absolute atomic E-state index is 11.8. The Balaban J connectivity index is 2.63. The van der Waals surface area contributed by atoms with E-state index in [1.807, 2.05) is 0 Å². The predicted octanol–water partition coefficient (Wildman–Crippen LogP) is 0.278. The quantitative estimate of drug-likeness (QED) is 0.704. The summed E-state index contributed by atoms with van der Waals surface area (Å²) in [5, 5.41) is 0. The lowest BCUT2D eigenvalue weighted by Crippen LogP contribution is -2.50. The van der Waals surface area contributed by atoms with E-state index >= 15 is 0 Å². The van der Waals surface area contributed by atoms with E-state index in [4.69, 9.17) is 5.73 Å². The van der Waals surface area contributed by atoms with Crippen molar-refractivity contribution in [2.75, 3.05) is 13.7 Å². The number of carbonyl (C=O) groups is 2. The lowest BCUT2D eigenvalue weighted by molar-refractivity contribution is -0.144. The zero-order valence-corrected chi connectivity index (χ0v) is 9.94. The first-order valence-electron chi connectivity index (χ1n) is 5.69. The largest absolute Gasteiger partial charge is 0.469 e. The molecule has 16 heavy (non-hydrogen) atoms. The van der Waals surface area contributed by atoms with E-state index in [9.17, 15) is 9.59 Å². The highest BCUT2D eigenvalue weighted by molar-refractivity contribution is 5.82. The second kappa shape index (κ2) is 5.84. The van der Waals surface area contributed by atoms with Crippen molar-refractivity contribution in [1.29, 1.82) is 0 Å². The molecule has 0 saturated carbocycles. The summed E-state index contributed by atoms with van der Waals surface area (Å²) in [6.07, 6.45) is 3.16. The Hall–Kier alpha value is -1.10. The van der Waals surface area contributed by atoms with Gasteiger partial charge in [-0.05, 0) is 26.2 Å². The van der Waals surface area contributed by atoms with Crippen molar-refractivity contribution in [2.24, 2.45) is 5.73 Å². The van der Waals surface area contributed by atoms with E-state index in [0.717, 1.165) is 19.3 Å². The number of carbonyl (C=O) groups excluding carboxylic acids is 2. The summed E-state index contributed by atoms with van der Waals surface area (Å²) in [7, 11) is 1.36. The van der Waals surface area contributed by atoms with Crippen LogP contribution in [-0.4, -0.2) is 42.5 Å². The molecule has 1 aliphatic rings. The van der Waals surface area contributed by atoms with Gasteiger partial charge in [-0.1, -0.05) is 0 Å². The molecule has 0 aromatic rings. The van der Waals surface area contributed by atoms with Gasteiger partial charge in [0.1, 0.15) is 0 Å². The minimum atomic E-state index is -0.502. The van der Waals surface area contributed by atoms with Gasteiger partial charge >= 0.3 is 5.97 Å². The fraction of sp³-hybridized carbons (Fsp3) is 0.818. The number of piperidine rings is 1. The normalized spacial score (nSPS) is 22.7. The number of methoxy groups -OCH3 is 1. The second-order valence-corrected chi connectivity index (χ2v) is 4.25. The number of esters is 1. The molecule has 5 heteroatoms. The monoisotopic (exact) mass is 228 g/mol. The van der Waals surface area contributed by atoms with E-state index in [2.05, 4.69) is 4.74 Å². The lowest BCUT2D eigenvalue weighted by Gasteiger charge is -2.36. The molecule has 1 amide bonds. The van der Waals surface area contributed by atoms with Crippen LogP contribution in [0.15, 0.2) is 0 Å². The van der Waals surface area contributed by atoms with E-state index in [0.29, 0.717) is 6.54 Å². The van der Waals surface area contributed by atoms with Gasteiger partial charge in [0.2, 0.25) is 5.91 Å². The number of hydrogen-bond acceptors (Lipinski definition) is 4. The molecule has 5 nitrogen and oxygen atoms in total. The Labute approximate surface area is 95.9 Å². The van der Waals surface area contributed by atoms with Gasteiger partial charge in [0.15, 0.2) is 0 Å². The third-order valence-corrected chi connectivity index (χ3v) is 2.93. The summed E-state index contributed by atoms with van der Waals surface area (Å²) in [4.78, 5) is 24.8. The molecule has 1 aliphatic heterocycles. The Morgan fingerprint density at radius 3 is 2.75 bits per heavy atom. The number of likely N-dealkylation sites (tertiary alicyclic amines) is 1. The summed E-state index contributed by atoms with van der Waals surface area (Å²) >= 11 is 0. The van der Waals surface area contributed by atoms with Crippen LogP contribution in [0.1, 0.15) is 32.6 Å². The third kappa shape index (κ3) is 3.20. The molecule has 0 aromatic carbocycles. The van der Waals surface area contributed by atoms with E-state index in [1.54, 1.807) is 11.8 Å². The van der Waals surface area contributed by atoms with Gasteiger partial charge < -0.3 is 15.4 Å². The third-order valence-electron chi connectivity index (χ3n) is 2.93. The van der Waals surface area contributed by atoms with Gasteiger partial charge in [-0.2, -0.15) is 0 Å². The van der Waals surface area contributed by atoms with E-state index < -0.39 is 6.04 Å². The molecule has 1 saturated heterocycles. The predicted molar refractivity (Wildman–Crippen MR) is 59.6 cm³/mol. The Bertz CT molecular complexity index is 266. The first-order chi connectivity index (χ1) is 7.56. The van der Waals surface area contributed by atoms with Gasteiger partial charge in [0.25, 0.3) is 0 Å². The molecule has 0 spiro atoms. The van der Waals surface area contributed by atoms with E-state index in [-0.39, 0.29) is 24.3 Å². The van der Waals surface area contributed by atoms with Crippen LogP contribution >= 0.6 is 0 Å². The van der Waals surface area contributed by atoms with Crippen LogP contribution in [-0.2, 0) is 14.3 Å². The molecule has 1 heterocycles. The zero-order chi connectivity index (χ0) is 12.1. The van der Waals surface area contributed by atoms with Crippen LogP contribution in [0.2, 0.25) is 0 Å². The molecular weight excluding hydrogens is 208 g/mol. The smallest absolute Gasteiger partial charge is 0.307 e. The van der Waals surface area contributed by atoms with Crippen molar-refractivity contribution in [3.8, 4) is 0 Å². The first kappa shape index (κ1) is 13.0. The Morgan fingerprint density at radius 2 is 2.19 bits per heavy atom. The lowest BCUT2D eigenvalue weighted by atomic mass is 9.98. The number of rotatable bonds is 3. The van der Waals surface area contributed by atoms with Crippen LogP contribution in [0.3, 0.4) is 0 Å². The minimum absolute atomic E-state index is 0.0419. The number of nitrogens with two attached hydrogens (primary N) is 1. The molecule has 1 fully saturated rings. The highest BCUT2D eigenvalue weighted by atomic mass is 16.5. The first-order valence-corrected chi connectivity index (χ1v) is 5.69. The molecule has 0 bridgehead atoms. The van der Waals surface area contributed by atoms with Gasteiger partial charge in [0.05, 0.1) is 19.6 Å². The number of amides is 1. The highest BCUT2D eigenvalue weighted by Gasteiger charge is 2.29. The minimum Gasteiger partial charge on any atom is -0.469 e. The summed E-state index contributed by atoms with van der Waals surface area (Å²) in [6, 6.07) is -0.544. The maximum atomic E-state index is 11.8. The van der Waals surface area contributed by atoms with Crippen LogP contribution in [0.25, 0.3) is 0 Å². The van der Waals surface area contributed by atoms with Gasteiger partial charge in [-0.15, -0.1) is 0 Å². The zero-order valence-electron chi connectivity index (χ0n) is 9.94. The van der Waals surface area contributed by atoms with Crippen molar-refractivity contribution < 1.29 is 14.3 Å². The van der Waals surface area contributed by atoms with Crippen LogP contribution in [0.5, 0.6) is 0 Å². The van der Waals surface area contributed by atoms with Gasteiger partial charge in [-0.3, -0.25) is 9.59 Å². The standard InChI is InChI=1S/C11H20N2O3/c1-8(12)11(15)13-6-4-3-5-9(13)7-10(14)16-2/h8-9H,3-7,12H2,1-2H3/t8-,9?/m1/s1. The molecule has 1 rings (SSSR count). The SMILES string of the molecule is COC(=O)CC1CCCCN1C(=O)[C@@H](C)N. The molecule has 0 aromatic heterocycles. The fourth-order valence-electron chi connectivity index (χ4n) is 2.04.